The summed E-state index contributed by atoms with van der Waals surface area (Å²) in [6.45, 7) is 2.16. The lowest BCUT2D eigenvalue weighted by molar-refractivity contribution is -0.127. The van der Waals surface area contributed by atoms with Gasteiger partial charge in [0, 0.05) is 12.6 Å². The molecule has 35 heavy (non-hydrogen) atoms. The number of anilines is 1. The average Bonchev–Trinajstić information content (AvgIpc) is 3.42. The number of hydrogen-bond acceptors (Lipinski definition) is 4. The Hall–Kier alpha value is -3.01. The largest absolute Gasteiger partial charge is 0.348 e. The van der Waals surface area contributed by atoms with Gasteiger partial charge < -0.3 is 20.1 Å². The van der Waals surface area contributed by atoms with E-state index in [1.54, 1.807) is 17.9 Å². The van der Waals surface area contributed by atoms with Gasteiger partial charge >= 0.3 is 0 Å². The number of likely N-dealkylation sites (tertiary alicyclic amines) is 1. The van der Waals surface area contributed by atoms with E-state index in [1.165, 1.54) is 17.3 Å². The smallest absolute Gasteiger partial charge is 0.275 e. The maximum Gasteiger partial charge on any atom is 0.275 e. The zero-order valence-electron chi connectivity index (χ0n) is 19.2. The topological polar surface area (TPSA) is 98.4 Å². The first kappa shape index (κ1) is 23.7. The number of halogens is 3. The molecular formula is C24H26ClF2N5O3. The van der Waals surface area contributed by atoms with Crippen LogP contribution in [0.4, 0.5) is 14.5 Å². The molecule has 0 bridgehead atoms. The van der Waals surface area contributed by atoms with Crippen LogP contribution in [0.25, 0.3) is 0 Å². The van der Waals surface area contributed by atoms with Crippen molar-refractivity contribution in [2.45, 2.75) is 51.2 Å². The monoisotopic (exact) mass is 505 g/mol. The molecule has 2 saturated heterocycles. The fourth-order valence-corrected chi connectivity index (χ4v) is 5.56. The van der Waals surface area contributed by atoms with Gasteiger partial charge in [-0.25, -0.2) is 13.8 Å². The quantitative estimate of drug-likeness (QED) is 0.665. The zero-order valence-corrected chi connectivity index (χ0v) is 20.0. The van der Waals surface area contributed by atoms with Crippen LogP contribution < -0.4 is 10.2 Å². The van der Waals surface area contributed by atoms with Gasteiger partial charge in [0.2, 0.25) is 5.91 Å². The molecule has 2 aromatic rings. The number of rotatable bonds is 4. The van der Waals surface area contributed by atoms with Crippen molar-refractivity contribution in [1.29, 1.82) is 0 Å². The van der Waals surface area contributed by atoms with E-state index in [9.17, 15) is 23.2 Å². The summed E-state index contributed by atoms with van der Waals surface area (Å²) >= 11 is 6.24. The summed E-state index contributed by atoms with van der Waals surface area (Å²) in [6.07, 6.45) is 3.32. The van der Waals surface area contributed by atoms with Crippen molar-refractivity contribution in [2.24, 2.45) is 5.41 Å². The molecule has 1 saturated carbocycles. The number of aryl methyl sites for hydroxylation is 1. The van der Waals surface area contributed by atoms with Crippen LogP contribution in [0.3, 0.4) is 0 Å². The molecule has 2 N–H and O–H groups in total. The van der Waals surface area contributed by atoms with Crippen LogP contribution >= 0.6 is 11.6 Å². The second-order valence-corrected chi connectivity index (χ2v) is 10.1. The van der Waals surface area contributed by atoms with Crippen molar-refractivity contribution in [2.75, 3.05) is 24.5 Å². The van der Waals surface area contributed by atoms with Crippen molar-refractivity contribution in [3.05, 3.63) is 46.3 Å². The Bertz CT molecular complexity index is 1190. The Balaban J connectivity index is 1.21. The third-order valence-corrected chi connectivity index (χ3v) is 7.81. The minimum Gasteiger partial charge on any atom is -0.348 e. The van der Waals surface area contributed by atoms with Crippen molar-refractivity contribution in [1.82, 2.24) is 20.2 Å². The first-order chi connectivity index (χ1) is 16.7. The fraction of sp³-hybridized carbons (Fsp3) is 0.500. The standard InChI is InChI=1S/C24H26ClF2N5O3/c1-13-8-18(16(25)9-17(13)27)32-7-6-24(23(32)35)4-2-15(3-5-24)30-21(33)19-20(29-12-28-19)22(34)31-10-14(26)11-31/h8-9,12,14-15H,2-7,10-11H2,1H3,(H,28,29)(H,30,33). The average molecular weight is 506 g/mol. The Morgan fingerprint density at radius 3 is 2.63 bits per heavy atom. The Kier molecular flexibility index (Phi) is 6.03. The molecule has 11 heteroatoms. The van der Waals surface area contributed by atoms with Gasteiger partial charge in [0.25, 0.3) is 11.8 Å². The van der Waals surface area contributed by atoms with Crippen LogP contribution in [0.1, 0.15) is 58.6 Å². The van der Waals surface area contributed by atoms with Crippen LogP contribution in [0, 0.1) is 18.2 Å². The maximum atomic E-state index is 13.8. The van der Waals surface area contributed by atoms with E-state index in [0.717, 1.165) is 0 Å². The second-order valence-electron chi connectivity index (χ2n) is 9.72. The molecule has 3 amide bonds. The van der Waals surface area contributed by atoms with E-state index >= 15 is 0 Å². The molecule has 3 heterocycles. The van der Waals surface area contributed by atoms with Gasteiger partial charge in [-0.2, -0.15) is 0 Å². The van der Waals surface area contributed by atoms with Crippen LogP contribution in [-0.4, -0.2) is 64.4 Å². The summed E-state index contributed by atoms with van der Waals surface area (Å²) < 4.78 is 26.9. The number of carbonyl (C=O) groups is 3. The van der Waals surface area contributed by atoms with Crippen LogP contribution in [-0.2, 0) is 4.79 Å². The summed E-state index contributed by atoms with van der Waals surface area (Å²) in [7, 11) is 0. The Labute approximate surface area is 206 Å². The summed E-state index contributed by atoms with van der Waals surface area (Å²) in [5.74, 6) is -1.34. The van der Waals surface area contributed by atoms with Gasteiger partial charge in [-0.05, 0) is 56.7 Å². The molecule has 3 aliphatic rings. The predicted octanol–water partition coefficient (Wildman–Crippen LogP) is 3.40. The van der Waals surface area contributed by atoms with Crippen molar-refractivity contribution in [3.63, 3.8) is 0 Å². The van der Waals surface area contributed by atoms with E-state index < -0.39 is 29.2 Å². The molecule has 1 aromatic heterocycles. The molecular weight excluding hydrogens is 480 g/mol. The molecule has 186 valence electrons. The fourth-order valence-electron chi connectivity index (χ4n) is 5.31. The van der Waals surface area contributed by atoms with Gasteiger partial charge in [0.05, 0.1) is 35.5 Å². The predicted molar refractivity (Wildman–Crippen MR) is 125 cm³/mol. The molecule has 8 nitrogen and oxygen atoms in total. The molecule has 2 aliphatic heterocycles. The second kappa shape index (κ2) is 8.89. The van der Waals surface area contributed by atoms with Crippen LogP contribution in [0.15, 0.2) is 18.5 Å². The number of amides is 3. The number of imidazole rings is 1. The number of carbonyl (C=O) groups excluding carboxylic acids is 3. The number of hydrogen-bond donors (Lipinski definition) is 2. The number of benzene rings is 1. The van der Waals surface area contributed by atoms with Crippen LogP contribution in [0.5, 0.6) is 0 Å². The van der Waals surface area contributed by atoms with Crippen molar-refractivity contribution < 1.29 is 23.2 Å². The van der Waals surface area contributed by atoms with Crippen molar-refractivity contribution >= 4 is 35.0 Å². The SMILES string of the molecule is Cc1cc(N2CCC3(CCC(NC(=O)c4[nH]cnc4C(=O)N4CC(F)C4)CC3)C2=O)c(Cl)cc1F. The highest BCUT2D eigenvalue weighted by Crippen LogP contribution is 2.47. The Morgan fingerprint density at radius 2 is 1.94 bits per heavy atom. The van der Waals surface area contributed by atoms with Crippen molar-refractivity contribution in [3.8, 4) is 0 Å². The normalized spacial score (nSPS) is 24.7. The lowest BCUT2D eigenvalue weighted by atomic mass is 9.71. The van der Waals surface area contributed by atoms with Crippen LogP contribution in [0.2, 0.25) is 5.02 Å². The summed E-state index contributed by atoms with van der Waals surface area (Å²) in [5, 5.41) is 3.16. The molecule has 0 radical (unpaired) electrons. The third kappa shape index (κ3) is 4.17. The molecule has 1 aromatic carbocycles. The summed E-state index contributed by atoms with van der Waals surface area (Å²) in [6, 6.07) is 2.69. The number of aromatic nitrogens is 2. The van der Waals surface area contributed by atoms with E-state index in [-0.39, 0.29) is 41.4 Å². The minimum atomic E-state index is -1.04. The highest BCUT2D eigenvalue weighted by molar-refractivity contribution is 6.34. The Morgan fingerprint density at radius 1 is 1.23 bits per heavy atom. The number of alkyl halides is 1. The molecule has 0 atom stereocenters. The number of nitrogens with zero attached hydrogens (tertiary/aromatic N) is 3. The van der Waals surface area contributed by atoms with Gasteiger partial charge in [0.15, 0.2) is 5.69 Å². The lowest BCUT2D eigenvalue weighted by Gasteiger charge is -2.36. The highest BCUT2D eigenvalue weighted by atomic mass is 35.5. The summed E-state index contributed by atoms with van der Waals surface area (Å²) in [4.78, 5) is 48.4. The molecule has 1 spiro atoms. The van der Waals surface area contributed by atoms with Gasteiger partial charge in [-0.3, -0.25) is 14.4 Å². The first-order valence-corrected chi connectivity index (χ1v) is 12.1. The lowest BCUT2D eigenvalue weighted by Crippen LogP contribution is -2.52. The number of nitrogens with one attached hydrogen (secondary N) is 2. The molecule has 3 fully saturated rings. The van der Waals surface area contributed by atoms with Gasteiger partial charge in [-0.1, -0.05) is 11.6 Å². The van der Waals surface area contributed by atoms with E-state index in [2.05, 4.69) is 15.3 Å². The first-order valence-electron chi connectivity index (χ1n) is 11.7. The van der Waals surface area contributed by atoms with Gasteiger partial charge in [-0.15, -0.1) is 0 Å². The summed E-state index contributed by atoms with van der Waals surface area (Å²) in [5.41, 5.74) is 0.472. The zero-order chi connectivity index (χ0) is 24.9. The number of aromatic amines is 1. The third-order valence-electron chi connectivity index (χ3n) is 7.50. The van der Waals surface area contributed by atoms with E-state index in [4.69, 9.17) is 11.6 Å². The molecule has 1 aliphatic carbocycles. The maximum absolute atomic E-state index is 13.8. The minimum absolute atomic E-state index is 0.00517. The van der Waals surface area contributed by atoms with Gasteiger partial charge in [0.1, 0.15) is 17.7 Å². The molecule has 0 unspecified atom stereocenters. The van der Waals surface area contributed by atoms with E-state index in [1.807, 2.05) is 0 Å². The number of H-pyrrole nitrogens is 1. The molecule has 5 rings (SSSR count). The van der Waals surface area contributed by atoms with E-state index in [0.29, 0.717) is 49.9 Å². The highest BCUT2D eigenvalue weighted by Gasteiger charge is 2.49.